The first-order chi connectivity index (χ1) is 6.33. The molecule has 1 N–H and O–H groups in total. The fraction of sp³-hybridized carbons (Fsp3) is 0.300. The number of nitrogens with one attached hydrogen (secondary N) is 1. The number of hydrogen-bond donors (Lipinski definition) is 1. The third kappa shape index (κ3) is 1.44. The quantitative estimate of drug-likeness (QED) is 0.780. The number of para-hydroxylation sites is 1. The van der Waals surface area contributed by atoms with Gasteiger partial charge in [0.15, 0.2) is 5.17 Å². The van der Waals surface area contributed by atoms with Gasteiger partial charge in [0.1, 0.15) is 0 Å². The highest BCUT2D eigenvalue weighted by Gasteiger charge is 2.23. The molecule has 0 radical (unpaired) electrons. The summed E-state index contributed by atoms with van der Waals surface area (Å²) in [6.07, 6.45) is 1.03. The summed E-state index contributed by atoms with van der Waals surface area (Å²) < 4.78 is 0. The molecule has 0 spiro atoms. The maximum atomic E-state index is 7.59. The van der Waals surface area contributed by atoms with Crippen molar-refractivity contribution in [2.24, 2.45) is 0 Å². The summed E-state index contributed by atoms with van der Waals surface area (Å²) in [6, 6.07) is 8.31. The second kappa shape index (κ2) is 3.42. The Kier molecular flexibility index (Phi) is 2.27. The van der Waals surface area contributed by atoms with Gasteiger partial charge in [-0.25, -0.2) is 0 Å². The zero-order valence-electron chi connectivity index (χ0n) is 7.58. The van der Waals surface area contributed by atoms with Crippen molar-refractivity contribution in [1.29, 1.82) is 5.41 Å². The van der Waals surface area contributed by atoms with Crippen LogP contribution in [0.15, 0.2) is 24.3 Å². The van der Waals surface area contributed by atoms with Gasteiger partial charge in [0.25, 0.3) is 0 Å². The molecule has 1 heterocycles. The number of aryl methyl sites for hydroxylation is 1. The molecule has 1 aliphatic heterocycles. The normalized spacial score (nSPS) is 15.8. The number of hydrogen-bond acceptors (Lipinski definition) is 2. The second-order valence-electron chi connectivity index (χ2n) is 2.99. The molecule has 0 bridgehead atoms. The molecule has 3 heteroatoms. The molecule has 0 aromatic heterocycles. The summed E-state index contributed by atoms with van der Waals surface area (Å²) >= 11 is 1.59. The highest BCUT2D eigenvalue weighted by Crippen LogP contribution is 2.31. The van der Waals surface area contributed by atoms with Gasteiger partial charge in [-0.1, -0.05) is 36.9 Å². The van der Waals surface area contributed by atoms with E-state index in [0.717, 1.165) is 12.3 Å². The zero-order chi connectivity index (χ0) is 9.26. The Balaban J connectivity index is 2.33. The lowest BCUT2D eigenvalue weighted by Crippen LogP contribution is -2.38. The first-order valence-corrected chi connectivity index (χ1v) is 5.38. The minimum Gasteiger partial charge on any atom is -0.311 e. The van der Waals surface area contributed by atoms with Crippen LogP contribution in [0.5, 0.6) is 0 Å². The molecule has 2 nitrogen and oxygen atoms in total. The monoisotopic (exact) mass is 192 g/mol. The maximum absolute atomic E-state index is 7.59. The van der Waals surface area contributed by atoms with E-state index in [1.165, 1.54) is 11.3 Å². The molecule has 1 saturated heterocycles. The standard InChI is InChI=1S/C10H12N2S/c1-2-8-5-3-4-6-9(8)12-7-13-10(12)11/h3-6,11H,2,7H2,1H3. The number of anilines is 1. The number of benzene rings is 1. The van der Waals surface area contributed by atoms with Crippen molar-refractivity contribution >= 4 is 22.6 Å². The van der Waals surface area contributed by atoms with Crippen molar-refractivity contribution in [3.63, 3.8) is 0 Å². The van der Waals surface area contributed by atoms with Crippen molar-refractivity contribution in [2.45, 2.75) is 13.3 Å². The van der Waals surface area contributed by atoms with Crippen LogP contribution in [-0.2, 0) is 6.42 Å². The van der Waals surface area contributed by atoms with Crippen LogP contribution in [0.1, 0.15) is 12.5 Å². The molecule has 1 fully saturated rings. The topological polar surface area (TPSA) is 27.1 Å². The molecule has 68 valence electrons. The van der Waals surface area contributed by atoms with E-state index in [9.17, 15) is 0 Å². The van der Waals surface area contributed by atoms with E-state index < -0.39 is 0 Å². The van der Waals surface area contributed by atoms with Gasteiger partial charge in [0.05, 0.1) is 5.88 Å². The Morgan fingerprint density at radius 1 is 1.46 bits per heavy atom. The molecule has 0 atom stereocenters. The second-order valence-corrected chi connectivity index (χ2v) is 3.92. The summed E-state index contributed by atoms with van der Waals surface area (Å²) in [4.78, 5) is 2.05. The summed E-state index contributed by atoms with van der Waals surface area (Å²) in [7, 11) is 0. The third-order valence-electron chi connectivity index (χ3n) is 2.24. The van der Waals surface area contributed by atoms with E-state index in [4.69, 9.17) is 5.41 Å². The van der Waals surface area contributed by atoms with Crippen LogP contribution in [0, 0.1) is 5.41 Å². The molecule has 0 unspecified atom stereocenters. The average molecular weight is 192 g/mol. The van der Waals surface area contributed by atoms with Gasteiger partial charge in [-0.3, -0.25) is 5.41 Å². The van der Waals surface area contributed by atoms with Crippen LogP contribution in [0.2, 0.25) is 0 Å². The largest absolute Gasteiger partial charge is 0.311 e. The molecular weight excluding hydrogens is 180 g/mol. The average Bonchev–Trinajstić information content (AvgIpc) is 2.16. The van der Waals surface area contributed by atoms with Gasteiger partial charge >= 0.3 is 0 Å². The van der Waals surface area contributed by atoms with Crippen LogP contribution in [0.25, 0.3) is 0 Å². The van der Waals surface area contributed by atoms with Gasteiger partial charge in [-0.05, 0) is 18.1 Å². The summed E-state index contributed by atoms with van der Waals surface area (Å²) in [5.74, 6) is 0.926. The SMILES string of the molecule is CCc1ccccc1N1CSC1=N. The lowest BCUT2D eigenvalue weighted by Gasteiger charge is -2.33. The van der Waals surface area contributed by atoms with Crippen molar-refractivity contribution in [1.82, 2.24) is 0 Å². The number of thioether (sulfide) groups is 1. The van der Waals surface area contributed by atoms with E-state index in [-0.39, 0.29) is 0 Å². The van der Waals surface area contributed by atoms with Crippen LogP contribution in [0.3, 0.4) is 0 Å². The van der Waals surface area contributed by atoms with Gasteiger partial charge in [-0.2, -0.15) is 0 Å². The Hall–Kier alpha value is -0.960. The lowest BCUT2D eigenvalue weighted by molar-refractivity contribution is 1.09. The number of nitrogens with zero attached hydrogens (tertiary/aromatic N) is 1. The van der Waals surface area contributed by atoms with Crippen LogP contribution < -0.4 is 4.90 Å². The molecule has 0 saturated carbocycles. The van der Waals surface area contributed by atoms with Crippen LogP contribution in [0.4, 0.5) is 5.69 Å². The summed E-state index contributed by atoms with van der Waals surface area (Å²) in [5.41, 5.74) is 2.53. The highest BCUT2D eigenvalue weighted by atomic mass is 32.2. The predicted octanol–water partition coefficient (Wildman–Crippen LogP) is 2.69. The Bertz CT molecular complexity index is 335. The van der Waals surface area contributed by atoms with E-state index >= 15 is 0 Å². The van der Waals surface area contributed by atoms with Gasteiger partial charge in [-0.15, -0.1) is 0 Å². The van der Waals surface area contributed by atoms with E-state index in [1.54, 1.807) is 11.8 Å². The lowest BCUT2D eigenvalue weighted by atomic mass is 10.1. The minimum atomic E-state index is 0.668. The van der Waals surface area contributed by atoms with E-state index in [0.29, 0.717) is 5.17 Å². The Morgan fingerprint density at radius 3 is 2.77 bits per heavy atom. The van der Waals surface area contributed by atoms with Crippen molar-refractivity contribution in [3.05, 3.63) is 29.8 Å². The first-order valence-electron chi connectivity index (χ1n) is 4.39. The third-order valence-corrected chi connectivity index (χ3v) is 3.12. The summed E-state index contributed by atoms with van der Waals surface area (Å²) in [6.45, 7) is 2.15. The van der Waals surface area contributed by atoms with Crippen molar-refractivity contribution < 1.29 is 0 Å². The fourth-order valence-electron chi connectivity index (χ4n) is 1.45. The molecule has 13 heavy (non-hydrogen) atoms. The van der Waals surface area contributed by atoms with Gasteiger partial charge in [0, 0.05) is 5.69 Å². The fourth-order valence-corrected chi connectivity index (χ4v) is 2.07. The van der Waals surface area contributed by atoms with Gasteiger partial charge in [0.2, 0.25) is 0 Å². The number of rotatable bonds is 2. The summed E-state index contributed by atoms with van der Waals surface area (Å²) in [5, 5.41) is 8.25. The molecule has 0 aliphatic carbocycles. The molecule has 0 amide bonds. The predicted molar refractivity (Wildman–Crippen MR) is 58.5 cm³/mol. The molecular formula is C10H12N2S. The van der Waals surface area contributed by atoms with Crippen LogP contribution in [-0.4, -0.2) is 11.0 Å². The van der Waals surface area contributed by atoms with Crippen molar-refractivity contribution in [2.75, 3.05) is 10.8 Å². The smallest absolute Gasteiger partial charge is 0.163 e. The molecule has 1 aromatic rings. The van der Waals surface area contributed by atoms with Gasteiger partial charge < -0.3 is 4.90 Å². The zero-order valence-corrected chi connectivity index (χ0v) is 8.40. The molecule has 1 aromatic carbocycles. The maximum Gasteiger partial charge on any atom is 0.163 e. The van der Waals surface area contributed by atoms with E-state index in [2.05, 4.69) is 25.1 Å². The van der Waals surface area contributed by atoms with Crippen molar-refractivity contribution in [3.8, 4) is 0 Å². The Morgan fingerprint density at radius 2 is 2.23 bits per heavy atom. The molecule has 2 rings (SSSR count). The molecule has 1 aliphatic rings. The highest BCUT2D eigenvalue weighted by molar-refractivity contribution is 8.16. The number of amidine groups is 1. The minimum absolute atomic E-state index is 0.668. The van der Waals surface area contributed by atoms with E-state index in [1.807, 2.05) is 11.0 Å². The first kappa shape index (κ1) is 8.63. The van der Waals surface area contributed by atoms with Crippen LogP contribution >= 0.6 is 11.8 Å². The Labute approximate surface area is 82.5 Å².